The summed E-state index contributed by atoms with van der Waals surface area (Å²) in [5.41, 5.74) is 4.13. The zero-order chi connectivity index (χ0) is 19.2. The summed E-state index contributed by atoms with van der Waals surface area (Å²) in [6.45, 7) is 2.63. The third-order valence-corrected chi connectivity index (χ3v) is 4.44. The predicted octanol–water partition coefficient (Wildman–Crippen LogP) is 2.95. The topological polar surface area (TPSA) is 64.9 Å². The first-order chi connectivity index (χ1) is 13.1. The van der Waals surface area contributed by atoms with Gasteiger partial charge in [-0.3, -0.25) is 4.79 Å². The molecule has 6 nitrogen and oxygen atoms in total. The molecule has 0 saturated carbocycles. The number of pyridine rings is 1. The average molecular weight is 367 g/mol. The average Bonchev–Trinajstić information content (AvgIpc) is 3.07. The van der Waals surface area contributed by atoms with Crippen molar-refractivity contribution in [3.8, 4) is 11.5 Å². The molecule has 6 heteroatoms. The lowest BCUT2D eigenvalue weighted by molar-refractivity contribution is -0.121. The lowest BCUT2D eigenvalue weighted by Crippen LogP contribution is -2.25. The molecular weight excluding hydrogens is 342 g/mol. The van der Waals surface area contributed by atoms with Crippen molar-refractivity contribution in [2.75, 3.05) is 20.8 Å². The number of carbonyl (C=O) groups excluding carboxylic acids is 1. The Labute approximate surface area is 159 Å². The second kappa shape index (κ2) is 8.58. The SMILES string of the molecule is COc1ccc(CCC(=O)NCCc2cn3cc(C)ccc3n2)cc1OC. The first-order valence-corrected chi connectivity index (χ1v) is 9.01. The van der Waals surface area contributed by atoms with Crippen molar-refractivity contribution in [1.29, 1.82) is 0 Å². The third-order valence-electron chi connectivity index (χ3n) is 4.44. The Kier molecular flexibility index (Phi) is 5.96. The zero-order valence-corrected chi connectivity index (χ0v) is 16.0. The zero-order valence-electron chi connectivity index (χ0n) is 16.0. The molecule has 0 saturated heterocycles. The van der Waals surface area contributed by atoms with E-state index < -0.39 is 0 Å². The highest BCUT2D eigenvalue weighted by atomic mass is 16.5. The number of nitrogens with zero attached hydrogens (tertiary/aromatic N) is 2. The Morgan fingerprint density at radius 2 is 1.89 bits per heavy atom. The van der Waals surface area contributed by atoms with Crippen LogP contribution in [-0.4, -0.2) is 36.1 Å². The molecular formula is C21H25N3O3. The Morgan fingerprint density at radius 1 is 1.07 bits per heavy atom. The van der Waals surface area contributed by atoms with Crippen LogP contribution in [0.3, 0.4) is 0 Å². The molecule has 0 fully saturated rings. The summed E-state index contributed by atoms with van der Waals surface area (Å²) in [4.78, 5) is 16.7. The van der Waals surface area contributed by atoms with Crippen molar-refractivity contribution in [2.24, 2.45) is 0 Å². The smallest absolute Gasteiger partial charge is 0.220 e. The summed E-state index contributed by atoms with van der Waals surface area (Å²) in [5, 5.41) is 2.96. The van der Waals surface area contributed by atoms with Gasteiger partial charge in [-0.1, -0.05) is 12.1 Å². The van der Waals surface area contributed by atoms with Gasteiger partial charge in [-0.25, -0.2) is 4.98 Å². The van der Waals surface area contributed by atoms with Crippen LogP contribution in [0.1, 0.15) is 23.2 Å². The van der Waals surface area contributed by atoms with Gasteiger partial charge in [-0.2, -0.15) is 0 Å². The summed E-state index contributed by atoms with van der Waals surface area (Å²) in [5.74, 6) is 1.40. The minimum atomic E-state index is 0.0318. The van der Waals surface area contributed by atoms with Gasteiger partial charge in [0.2, 0.25) is 5.91 Å². The van der Waals surface area contributed by atoms with Gasteiger partial charge in [-0.05, 0) is 42.7 Å². The van der Waals surface area contributed by atoms with E-state index in [2.05, 4.69) is 17.2 Å². The lowest BCUT2D eigenvalue weighted by atomic mass is 10.1. The molecule has 27 heavy (non-hydrogen) atoms. The Bertz CT molecular complexity index is 934. The number of hydrogen-bond donors (Lipinski definition) is 1. The van der Waals surface area contributed by atoms with E-state index in [4.69, 9.17) is 9.47 Å². The van der Waals surface area contributed by atoms with Crippen LogP contribution < -0.4 is 14.8 Å². The molecule has 1 aromatic carbocycles. The minimum Gasteiger partial charge on any atom is -0.493 e. The van der Waals surface area contributed by atoms with Crippen LogP contribution in [0.2, 0.25) is 0 Å². The number of ether oxygens (including phenoxy) is 2. The first kappa shape index (κ1) is 18.8. The largest absolute Gasteiger partial charge is 0.493 e. The van der Waals surface area contributed by atoms with Crippen molar-refractivity contribution in [3.63, 3.8) is 0 Å². The number of benzene rings is 1. The van der Waals surface area contributed by atoms with Crippen molar-refractivity contribution in [1.82, 2.24) is 14.7 Å². The fourth-order valence-corrected chi connectivity index (χ4v) is 2.99. The van der Waals surface area contributed by atoms with E-state index in [1.807, 2.05) is 47.1 Å². The number of carbonyl (C=O) groups is 1. The molecule has 0 unspecified atom stereocenters. The maximum absolute atomic E-state index is 12.1. The number of rotatable bonds is 8. The Morgan fingerprint density at radius 3 is 2.67 bits per heavy atom. The summed E-state index contributed by atoms with van der Waals surface area (Å²) < 4.78 is 12.5. The van der Waals surface area contributed by atoms with E-state index in [9.17, 15) is 4.79 Å². The molecule has 0 bridgehead atoms. The molecule has 1 amide bonds. The van der Waals surface area contributed by atoms with Crippen LogP contribution in [0.5, 0.6) is 11.5 Å². The number of amides is 1. The highest BCUT2D eigenvalue weighted by Gasteiger charge is 2.08. The normalized spacial score (nSPS) is 10.8. The summed E-state index contributed by atoms with van der Waals surface area (Å²) in [6, 6.07) is 9.76. The summed E-state index contributed by atoms with van der Waals surface area (Å²) >= 11 is 0. The van der Waals surface area contributed by atoms with Gasteiger partial charge in [0.25, 0.3) is 0 Å². The van der Waals surface area contributed by atoms with Gasteiger partial charge in [0, 0.05) is 31.8 Å². The van der Waals surface area contributed by atoms with Crippen LogP contribution in [0, 0.1) is 6.92 Å². The molecule has 142 valence electrons. The van der Waals surface area contributed by atoms with Gasteiger partial charge in [0.1, 0.15) is 5.65 Å². The number of imidazole rings is 1. The highest BCUT2D eigenvalue weighted by Crippen LogP contribution is 2.27. The fraction of sp³-hybridized carbons (Fsp3) is 0.333. The maximum Gasteiger partial charge on any atom is 0.220 e. The number of methoxy groups -OCH3 is 2. The molecule has 1 N–H and O–H groups in total. The lowest BCUT2D eigenvalue weighted by Gasteiger charge is -2.09. The highest BCUT2D eigenvalue weighted by molar-refractivity contribution is 5.76. The van der Waals surface area contributed by atoms with Crippen molar-refractivity contribution >= 4 is 11.6 Å². The molecule has 0 aliphatic carbocycles. The second-order valence-electron chi connectivity index (χ2n) is 6.49. The number of fused-ring (bicyclic) bond motifs is 1. The maximum atomic E-state index is 12.1. The molecule has 2 aromatic heterocycles. The van der Waals surface area contributed by atoms with Crippen LogP contribution in [0.4, 0.5) is 0 Å². The fourth-order valence-electron chi connectivity index (χ4n) is 2.99. The van der Waals surface area contributed by atoms with E-state index in [1.165, 1.54) is 5.56 Å². The van der Waals surface area contributed by atoms with E-state index in [0.29, 0.717) is 37.3 Å². The van der Waals surface area contributed by atoms with Crippen molar-refractivity contribution in [2.45, 2.75) is 26.2 Å². The number of hydrogen-bond acceptors (Lipinski definition) is 4. The Hall–Kier alpha value is -3.02. The third kappa shape index (κ3) is 4.78. The van der Waals surface area contributed by atoms with Crippen LogP contribution >= 0.6 is 0 Å². The molecule has 0 atom stereocenters. The van der Waals surface area contributed by atoms with E-state index in [-0.39, 0.29) is 5.91 Å². The molecule has 3 rings (SSSR count). The van der Waals surface area contributed by atoms with E-state index in [1.54, 1.807) is 14.2 Å². The van der Waals surface area contributed by atoms with Gasteiger partial charge >= 0.3 is 0 Å². The van der Waals surface area contributed by atoms with Crippen LogP contribution in [-0.2, 0) is 17.6 Å². The van der Waals surface area contributed by atoms with Crippen molar-refractivity contribution in [3.05, 3.63) is 59.5 Å². The number of aromatic nitrogens is 2. The standard InChI is InChI=1S/C21H25N3O3/c1-15-4-8-20-23-17(14-24(20)13-15)10-11-22-21(25)9-6-16-5-7-18(26-2)19(12-16)27-3/h4-5,7-8,12-14H,6,9-11H2,1-3H3,(H,22,25). The van der Waals surface area contributed by atoms with Crippen molar-refractivity contribution < 1.29 is 14.3 Å². The minimum absolute atomic E-state index is 0.0318. The van der Waals surface area contributed by atoms with Crippen LogP contribution in [0.25, 0.3) is 5.65 Å². The van der Waals surface area contributed by atoms with Gasteiger partial charge in [0.05, 0.1) is 19.9 Å². The monoisotopic (exact) mass is 367 g/mol. The van der Waals surface area contributed by atoms with E-state index in [0.717, 1.165) is 16.9 Å². The molecule has 0 aliphatic rings. The first-order valence-electron chi connectivity index (χ1n) is 9.01. The van der Waals surface area contributed by atoms with Gasteiger partial charge in [0.15, 0.2) is 11.5 Å². The van der Waals surface area contributed by atoms with Crippen LogP contribution in [0.15, 0.2) is 42.7 Å². The number of nitrogens with one attached hydrogen (secondary N) is 1. The summed E-state index contributed by atoms with van der Waals surface area (Å²) in [6.07, 6.45) is 5.86. The second-order valence-corrected chi connectivity index (χ2v) is 6.49. The van der Waals surface area contributed by atoms with E-state index >= 15 is 0 Å². The van der Waals surface area contributed by atoms with Gasteiger partial charge < -0.3 is 19.2 Å². The number of aryl methyl sites for hydroxylation is 2. The molecule has 0 aliphatic heterocycles. The molecule has 0 spiro atoms. The summed E-state index contributed by atoms with van der Waals surface area (Å²) in [7, 11) is 3.21. The molecule has 3 aromatic rings. The molecule has 0 radical (unpaired) electrons. The quantitative estimate of drug-likeness (QED) is 0.665. The predicted molar refractivity (Wildman–Crippen MR) is 105 cm³/mol. The Balaban J connectivity index is 1.46. The molecule has 2 heterocycles. The van der Waals surface area contributed by atoms with Gasteiger partial charge in [-0.15, -0.1) is 0 Å².